The molecule has 1 aromatic rings. The Morgan fingerprint density at radius 2 is 2.00 bits per heavy atom. The molecule has 2 nitrogen and oxygen atoms in total. The van der Waals surface area contributed by atoms with Crippen LogP contribution >= 0.6 is 11.6 Å². The van der Waals surface area contributed by atoms with Crippen molar-refractivity contribution in [3.05, 3.63) is 34.3 Å². The lowest BCUT2D eigenvalue weighted by Crippen LogP contribution is -2.41. The molecule has 2 N–H and O–H groups in total. The lowest BCUT2D eigenvalue weighted by molar-refractivity contribution is 0.0913. The third kappa shape index (κ3) is 2.34. The van der Waals surface area contributed by atoms with Crippen LogP contribution in [-0.4, -0.2) is 11.3 Å². The fourth-order valence-electron chi connectivity index (χ4n) is 1.16. The van der Waals surface area contributed by atoms with E-state index < -0.39 is 5.54 Å². The van der Waals surface area contributed by atoms with E-state index in [4.69, 9.17) is 17.3 Å². The van der Waals surface area contributed by atoms with E-state index in [1.807, 2.05) is 13.0 Å². The number of hydrogen-bond acceptors (Lipinski definition) is 2. The van der Waals surface area contributed by atoms with Gasteiger partial charge in [-0.25, -0.2) is 0 Å². The van der Waals surface area contributed by atoms with Gasteiger partial charge in [0, 0.05) is 5.56 Å². The quantitative estimate of drug-likeness (QED) is 0.765. The number of ketones is 1. The summed E-state index contributed by atoms with van der Waals surface area (Å²) in [5.41, 5.74) is 6.35. The average Bonchev–Trinajstić information content (AvgIpc) is 2.06. The molecule has 0 saturated heterocycles. The fraction of sp³-hybridized carbons (Fsp3) is 0.364. The zero-order valence-corrected chi connectivity index (χ0v) is 9.35. The SMILES string of the molecule is Cc1ccc(Cl)c(C(=O)C(C)(C)N)c1. The largest absolute Gasteiger partial charge is 0.319 e. The van der Waals surface area contributed by atoms with Crippen LogP contribution < -0.4 is 5.73 Å². The maximum Gasteiger partial charge on any atom is 0.183 e. The van der Waals surface area contributed by atoms with Crippen molar-refractivity contribution in [2.45, 2.75) is 26.3 Å². The molecular formula is C11H14ClNO. The van der Waals surface area contributed by atoms with Gasteiger partial charge in [0.1, 0.15) is 0 Å². The molecule has 0 heterocycles. The van der Waals surface area contributed by atoms with Gasteiger partial charge in [-0.2, -0.15) is 0 Å². The van der Waals surface area contributed by atoms with E-state index in [1.165, 1.54) is 0 Å². The molecule has 0 aliphatic rings. The highest BCUT2D eigenvalue weighted by Gasteiger charge is 2.25. The number of rotatable bonds is 2. The molecule has 0 atom stereocenters. The zero-order valence-electron chi connectivity index (χ0n) is 8.60. The molecule has 1 aromatic carbocycles. The normalized spacial score (nSPS) is 11.5. The Labute approximate surface area is 89.1 Å². The first-order valence-electron chi connectivity index (χ1n) is 4.42. The first-order valence-corrected chi connectivity index (χ1v) is 4.80. The average molecular weight is 212 g/mol. The third-order valence-electron chi connectivity index (χ3n) is 1.95. The minimum atomic E-state index is -0.878. The molecule has 0 aromatic heterocycles. The lowest BCUT2D eigenvalue weighted by atomic mass is 9.93. The molecule has 0 aliphatic heterocycles. The molecule has 0 saturated carbocycles. The van der Waals surface area contributed by atoms with Crippen molar-refractivity contribution in [3.8, 4) is 0 Å². The van der Waals surface area contributed by atoms with E-state index in [9.17, 15) is 4.79 Å². The summed E-state index contributed by atoms with van der Waals surface area (Å²) < 4.78 is 0. The van der Waals surface area contributed by atoms with Gasteiger partial charge in [-0.1, -0.05) is 23.2 Å². The number of Topliss-reactive ketones (excluding diaryl/α,β-unsaturated/α-hetero) is 1. The van der Waals surface area contributed by atoms with Gasteiger partial charge in [-0.15, -0.1) is 0 Å². The number of benzene rings is 1. The minimum Gasteiger partial charge on any atom is -0.319 e. The van der Waals surface area contributed by atoms with Crippen LogP contribution in [0.1, 0.15) is 29.8 Å². The Bertz CT molecular complexity index is 366. The van der Waals surface area contributed by atoms with Crippen molar-refractivity contribution in [3.63, 3.8) is 0 Å². The van der Waals surface area contributed by atoms with Gasteiger partial charge in [-0.3, -0.25) is 4.79 Å². The van der Waals surface area contributed by atoms with Gasteiger partial charge < -0.3 is 5.73 Å². The molecule has 0 fully saturated rings. The van der Waals surface area contributed by atoms with E-state index in [-0.39, 0.29) is 5.78 Å². The second-order valence-corrected chi connectivity index (χ2v) is 4.44. The van der Waals surface area contributed by atoms with Gasteiger partial charge in [0.15, 0.2) is 5.78 Å². The van der Waals surface area contributed by atoms with E-state index in [0.29, 0.717) is 10.6 Å². The van der Waals surface area contributed by atoms with Crippen LogP contribution in [0.3, 0.4) is 0 Å². The van der Waals surface area contributed by atoms with Crippen LogP contribution in [-0.2, 0) is 0 Å². The minimum absolute atomic E-state index is 0.133. The van der Waals surface area contributed by atoms with E-state index in [0.717, 1.165) is 5.56 Å². The number of carbonyl (C=O) groups is 1. The van der Waals surface area contributed by atoms with E-state index >= 15 is 0 Å². The van der Waals surface area contributed by atoms with Crippen LogP contribution in [0.2, 0.25) is 5.02 Å². The molecule has 0 amide bonds. The molecular weight excluding hydrogens is 198 g/mol. The van der Waals surface area contributed by atoms with E-state index in [1.54, 1.807) is 26.0 Å². The Kier molecular flexibility index (Phi) is 2.98. The lowest BCUT2D eigenvalue weighted by Gasteiger charge is -2.17. The predicted molar refractivity (Wildman–Crippen MR) is 58.8 cm³/mol. The molecule has 0 radical (unpaired) electrons. The first kappa shape index (κ1) is 11.2. The van der Waals surface area contributed by atoms with Crippen LogP contribution in [0.4, 0.5) is 0 Å². The Morgan fingerprint density at radius 1 is 1.43 bits per heavy atom. The van der Waals surface area contributed by atoms with Crippen molar-refractivity contribution >= 4 is 17.4 Å². The third-order valence-corrected chi connectivity index (χ3v) is 2.28. The highest BCUT2D eigenvalue weighted by molar-refractivity contribution is 6.34. The number of hydrogen-bond donors (Lipinski definition) is 1. The second kappa shape index (κ2) is 3.71. The summed E-state index contributed by atoms with van der Waals surface area (Å²) in [6, 6.07) is 5.35. The summed E-state index contributed by atoms with van der Waals surface area (Å²) in [7, 11) is 0. The molecule has 76 valence electrons. The van der Waals surface area contributed by atoms with Crippen molar-refractivity contribution in [2.75, 3.05) is 0 Å². The van der Waals surface area contributed by atoms with Gasteiger partial charge in [0.05, 0.1) is 10.6 Å². The van der Waals surface area contributed by atoms with Gasteiger partial charge in [0.2, 0.25) is 0 Å². The standard InChI is InChI=1S/C11H14ClNO/c1-7-4-5-9(12)8(6-7)10(14)11(2,3)13/h4-6H,13H2,1-3H3. The Balaban J connectivity index is 3.19. The van der Waals surface area contributed by atoms with Crippen molar-refractivity contribution < 1.29 is 4.79 Å². The smallest absolute Gasteiger partial charge is 0.183 e. The van der Waals surface area contributed by atoms with Crippen LogP contribution in [0.25, 0.3) is 0 Å². The van der Waals surface area contributed by atoms with Gasteiger partial charge >= 0.3 is 0 Å². The Hall–Kier alpha value is -0.860. The predicted octanol–water partition coefficient (Wildman–Crippen LogP) is 2.57. The molecule has 3 heteroatoms. The monoisotopic (exact) mass is 211 g/mol. The Morgan fingerprint density at radius 3 is 2.50 bits per heavy atom. The summed E-state index contributed by atoms with van der Waals surface area (Å²) in [5.74, 6) is -0.133. The first-order chi connectivity index (χ1) is 6.32. The van der Waals surface area contributed by atoms with Crippen molar-refractivity contribution in [1.82, 2.24) is 0 Å². The topological polar surface area (TPSA) is 43.1 Å². The van der Waals surface area contributed by atoms with Crippen LogP contribution in [0.15, 0.2) is 18.2 Å². The van der Waals surface area contributed by atoms with Crippen LogP contribution in [0, 0.1) is 6.92 Å². The molecule has 0 spiro atoms. The zero-order chi connectivity index (χ0) is 10.9. The fourth-order valence-corrected chi connectivity index (χ4v) is 1.36. The summed E-state index contributed by atoms with van der Waals surface area (Å²) in [5, 5.41) is 0.458. The maximum absolute atomic E-state index is 11.8. The van der Waals surface area contributed by atoms with Gasteiger partial charge in [0.25, 0.3) is 0 Å². The summed E-state index contributed by atoms with van der Waals surface area (Å²) in [6.07, 6.45) is 0. The second-order valence-electron chi connectivity index (χ2n) is 4.03. The summed E-state index contributed by atoms with van der Waals surface area (Å²) in [4.78, 5) is 11.8. The number of halogens is 1. The molecule has 0 aliphatic carbocycles. The van der Waals surface area contributed by atoms with Crippen molar-refractivity contribution in [1.29, 1.82) is 0 Å². The van der Waals surface area contributed by atoms with E-state index in [2.05, 4.69) is 0 Å². The number of carbonyl (C=O) groups excluding carboxylic acids is 1. The number of nitrogens with two attached hydrogens (primary N) is 1. The number of aryl methyl sites for hydroxylation is 1. The summed E-state index contributed by atoms with van der Waals surface area (Å²) >= 11 is 5.92. The molecule has 1 rings (SSSR count). The van der Waals surface area contributed by atoms with Crippen LogP contribution in [0.5, 0.6) is 0 Å². The molecule has 0 bridgehead atoms. The highest BCUT2D eigenvalue weighted by Crippen LogP contribution is 2.21. The highest BCUT2D eigenvalue weighted by atomic mass is 35.5. The van der Waals surface area contributed by atoms with Crippen molar-refractivity contribution in [2.24, 2.45) is 5.73 Å². The summed E-state index contributed by atoms with van der Waals surface area (Å²) in [6.45, 7) is 5.26. The molecule has 0 unspecified atom stereocenters. The van der Waals surface area contributed by atoms with Gasteiger partial charge in [-0.05, 0) is 32.9 Å². The maximum atomic E-state index is 11.8. The molecule has 14 heavy (non-hydrogen) atoms.